The van der Waals surface area contributed by atoms with Gasteiger partial charge in [0, 0.05) is 24.3 Å². The lowest BCUT2D eigenvalue weighted by molar-refractivity contribution is -0.117. The first kappa shape index (κ1) is 18.3. The van der Waals surface area contributed by atoms with Gasteiger partial charge in [0.25, 0.3) is 0 Å². The van der Waals surface area contributed by atoms with E-state index in [0.717, 1.165) is 5.56 Å². The molecule has 1 atom stereocenters. The van der Waals surface area contributed by atoms with Crippen molar-refractivity contribution in [2.24, 2.45) is 5.92 Å². The summed E-state index contributed by atoms with van der Waals surface area (Å²) in [5, 5.41) is 0. The fraction of sp³-hybridized carbons (Fsp3) is 0.125. The number of hydrogen-bond donors (Lipinski definition) is 0. The zero-order chi connectivity index (χ0) is 18.2. The van der Waals surface area contributed by atoms with Gasteiger partial charge in [0.2, 0.25) is 0 Å². The lowest BCUT2D eigenvalue weighted by Crippen LogP contribution is -2.16. The van der Waals surface area contributed by atoms with Gasteiger partial charge in [-0.15, -0.1) is 0 Å². The summed E-state index contributed by atoms with van der Waals surface area (Å²) in [4.78, 5) is 25.1. The highest BCUT2D eigenvalue weighted by molar-refractivity contribution is 5.99. The molecule has 2 heteroatoms. The lowest BCUT2D eigenvalue weighted by atomic mass is 9.88. The SMILES string of the molecule is O=C(CC(/C=C/c1ccccc1)CC(=O)c1ccccc1)[C]1[CH][CH][CH][CH]1. The number of hydrogen-bond acceptors (Lipinski definition) is 2. The standard InChI is InChI=1S/C24H21O2/c25-23(21-11-5-2-6-12-21)17-20(16-15-19-9-3-1-4-10-19)18-24(26)22-13-7-8-14-22/h1-16,20H,17-18H2/b16-15+. The van der Waals surface area contributed by atoms with Crippen LogP contribution >= 0.6 is 0 Å². The summed E-state index contributed by atoms with van der Waals surface area (Å²) < 4.78 is 0. The Labute approximate surface area is 155 Å². The maximum Gasteiger partial charge on any atom is 0.163 e. The molecule has 0 saturated heterocycles. The summed E-state index contributed by atoms with van der Waals surface area (Å²) in [6, 6.07) is 19.2. The Morgan fingerprint density at radius 2 is 1.35 bits per heavy atom. The first-order chi connectivity index (χ1) is 12.7. The maximum absolute atomic E-state index is 12.6. The molecule has 0 bridgehead atoms. The van der Waals surface area contributed by atoms with E-state index in [-0.39, 0.29) is 17.5 Å². The molecule has 2 aromatic carbocycles. The van der Waals surface area contributed by atoms with Gasteiger partial charge in [0.1, 0.15) is 5.78 Å². The Balaban J connectivity index is 1.70. The van der Waals surface area contributed by atoms with Gasteiger partial charge in [-0.2, -0.15) is 0 Å². The van der Waals surface area contributed by atoms with Crippen molar-refractivity contribution in [2.45, 2.75) is 12.8 Å². The minimum absolute atomic E-state index is 0.0589. The molecular weight excluding hydrogens is 320 g/mol. The van der Waals surface area contributed by atoms with Crippen LogP contribution in [0.3, 0.4) is 0 Å². The van der Waals surface area contributed by atoms with Gasteiger partial charge in [-0.25, -0.2) is 0 Å². The van der Waals surface area contributed by atoms with Crippen molar-refractivity contribution in [1.82, 2.24) is 0 Å². The molecular formula is C24H21O2. The molecule has 0 N–H and O–H groups in total. The van der Waals surface area contributed by atoms with Crippen LogP contribution in [0.4, 0.5) is 0 Å². The van der Waals surface area contributed by atoms with Gasteiger partial charge in [-0.3, -0.25) is 9.59 Å². The molecule has 26 heavy (non-hydrogen) atoms. The summed E-state index contributed by atoms with van der Waals surface area (Å²) in [5.41, 5.74) is 1.75. The van der Waals surface area contributed by atoms with E-state index >= 15 is 0 Å². The number of carbonyl (C=O) groups excluding carboxylic acids is 2. The van der Waals surface area contributed by atoms with Crippen LogP contribution in [0.25, 0.3) is 6.08 Å². The molecule has 2 aromatic rings. The highest BCUT2D eigenvalue weighted by Crippen LogP contribution is 2.28. The molecule has 3 rings (SSSR count). The number of rotatable bonds is 8. The van der Waals surface area contributed by atoms with Crippen LogP contribution in [0.1, 0.15) is 28.8 Å². The summed E-state index contributed by atoms with van der Waals surface area (Å²) in [6.07, 6.45) is 12.0. The predicted octanol–water partition coefficient (Wildman–Crippen LogP) is 4.95. The average molecular weight is 341 g/mol. The van der Waals surface area contributed by atoms with Crippen molar-refractivity contribution in [3.63, 3.8) is 0 Å². The van der Waals surface area contributed by atoms with Gasteiger partial charge in [-0.1, -0.05) is 72.8 Å². The molecule has 1 aliphatic carbocycles. The first-order valence-corrected chi connectivity index (χ1v) is 8.79. The second kappa shape index (κ2) is 9.28. The molecule has 1 fully saturated rings. The molecule has 1 aliphatic rings. The Kier molecular flexibility index (Phi) is 6.54. The highest BCUT2D eigenvalue weighted by atomic mass is 16.1. The molecule has 0 heterocycles. The second-order valence-electron chi connectivity index (χ2n) is 6.32. The predicted molar refractivity (Wildman–Crippen MR) is 104 cm³/mol. The third-order valence-electron chi connectivity index (χ3n) is 4.34. The van der Waals surface area contributed by atoms with E-state index in [2.05, 4.69) is 0 Å². The fourth-order valence-electron chi connectivity index (χ4n) is 2.92. The number of allylic oxidation sites excluding steroid dienone is 1. The van der Waals surface area contributed by atoms with Crippen LogP contribution in [0.5, 0.6) is 0 Å². The van der Waals surface area contributed by atoms with E-state index in [1.807, 2.05) is 98.5 Å². The Hall–Kier alpha value is -2.48. The molecule has 129 valence electrons. The normalized spacial score (nSPS) is 16.0. The topological polar surface area (TPSA) is 34.1 Å². The third-order valence-corrected chi connectivity index (χ3v) is 4.34. The van der Waals surface area contributed by atoms with E-state index < -0.39 is 0 Å². The van der Waals surface area contributed by atoms with Gasteiger partial charge < -0.3 is 0 Å². The van der Waals surface area contributed by atoms with Crippen molar-refractivity contribution >= 4 is 17.6 Å². The van der Waals surface area contributed by atoms with Crippen molar-refractivity contribution in [1.29, 1.82) is 0 Å². The van der Waals surface area contributed by atoms with E-state index in [4.69, 9.17) is 0 Å². The second-order valence-corrected chi connectivity index (χ2v) is 6.32. The van der Waals surface area contributed by atoms with Crippen LogP contribution in [0.15, 0.2) is 66.7 Å². The van der Waals surface area contributed by atoms with Crippen LogP contribution in [0, 0.1) is 37.5 Å². The van der Waals surface area contributed by atoms with Gasteiger partial charge in [0.15, 0.2) is 5.78 Å². The van der Waals surface area contributed by atoms with Gasteiger partial charge in [0.05, 0.1) is 0 Å². The lowest BCUT2D eigenvalue weighted by Gasteiger charge is -2.14. The summed E-state index contributed by atoms with van der Waals surface area (Å²) >= 11 is 0. The zero-order valence-electron chi connectivity index (χ0n) is 14.5. The number of carbonyl (C=O) groups is 2. The number of Topliss-reactive ketones (excluding diaryl/α,β-unsaturated/α-hetero) is 2. The molecule has 2 nitrogen and oxygen atoms in total. The number of benzene rings is 2. The van der Waals surface area contributed by atoms with Gasteiger partial charge >= 0.3 is 0 Å². The van der Waals surface area contributed by atoms with E-state index in [1.54, 1.807) is 0 Å². The zero-order valence-corrected chi connectivity index (χ0v) is 14.5. The minimum Gasteiger partial charge on any atom is -0.299 e. The number of ketones is 2. The Morgan fingerprint density at radius 1 is 0.769 bits per heavy atom. The monoisotopic (exact) mass is 341 g/mol. The Bertz CT molecular complexity index is 740. The van der Waals surface area contributed by atoms with Crippen LogP contribution < -0.4 is 0 Å². The smallest absolute Gasteiger partial charge is 0.163 e. The molecule has 1 saturated carbocycles. The maximum atomic E-state index is 12.6. The van der Waals surface area contributed by atoms with Crippen molar-refractivity contribution in [2.75, 3.05) is 0 Å². The molecule has 0 amide bonds. The average Bonchev–Trinajstić information content (AvgIpc) is 3.22. The summed E-state index contributed by atoms with van der Waals surface area (Å²) in [6.45, 7) is 0. The third kappa shape index (κ3) is 5.26. The van der Waals surface area contributed by atoms with Crippen molar-refractivity contribution in [3.05, 3.63) is 109 Å². The first-order valence-electron chi connectivity index (χ1n) is 8.79. The summed E-state index contributed by atoms with van der Waals surface area (Å²) in [7, 11) is 0. The van der Waals surface area contributed by atoms with E-state index in [9.17, 15) is 9.59 Å². The van der Waals surface area contributed by atoms with E-state index in [1.165, 1.54) is 0 Å². The Morgan fingerprint density at radius 3 is 2.00 bits per heavy atom. The van der Waals surface area contributed by atoms with E-state index in [0.29, 0.717) is 24.3 Å². The quantitative estimate of drug-likeness (QED) is 0.636. The minimum atomic E-state index is -0.134. The molecule has 0 aliphatic heterocycles. The van der Waals surface area contributed by atoms with Crippen LogP contribution in [-0.4, -0.2) is 11.6 Å². The van der Waals surface area contributed by atoms with Crippen molar-refractivity contribution in [3.8, 4) is 0 Å². The largest absolute Gasteiger partial charge is 0.299 e. The molecule has 0 spiro atoms. The van der Waals surface area contributed by atoms with Crippen molar-refractivity contribution < 1.29 is 9.59 Å². The van der Waals surface area contributed by atoms with Gasteiger partial charge in [-0.05, 0) is 37.2 Å². The highest BCUT2D eigenvalue weighted by Gasteiger charge is 2.26. The molecule has 5 radical (unpaired) electrons. The van der Waals surface area contributed by atoms with Crippen LogP contribution in [0.2, 0.25) is 0 Å². The molecule has 1 unspecified atom stereocenters. The summed E-state index contributed by atoms with van der Waals surface area (Å²) in [5.74, 6) is 0.697. The van der Waals surface area contributed by atoms with Crippen LogP contribution in [-0.2, 0) is 4.79 Å². The fourth-order valence-corrected chi connectivity index (χ4v) is 2.92. The molecule has 0 aromatic heterocycles.